The van der Waals surface area contributed by atoms with E-state index >= 15 is 0 Å². The van der Waals surface area contributed by atoms with Crippen LogP contribution in [0.2, 0.25) is 0 Å². The zero-order valence-corrected chi connectivity index (χ0v) is 12.0. The number of hydrogen-bond acceptors (Lipinski definition) is 5. The highest BCUT2D eigenvalue weighted by molar-refractivity contribution is 7.13. The molecule has 6 heteroatoms. The first-order chi connectivity index (χ1) is 10.3. The Morgan fingerprint density at radius 3 is 2.86 bits per heavy atom. The van der Waals surface area contributed by atoms with Crippen LogP contribution in [-0.4, -0.2) is 22.6 Å². The van der Waals surface area contributed by atoms with Crippen LogP contribution in [0.3, 0.4) is 0 Å². The second-order valence-electron chi connectivity index (χ2n) is 4.40. The quantitative estimate of drug-likeness (QED) is 0.786. The molecule has 1 amide bonds. The zero-order chi connectivity index (χ0) is 14.5. The summed E-state index contributed by atoms with van der Waals surface area (Å²) in [4.78, 5) is 16.2. The van der Waals surface area contributed by atoms with Crippen molar-refractivity contribution in [2.45, 2.75) is 6.42 Å². The second kappa shape index (κ2) is 6.32. The van der Waals surface area contributed by atoms with Crippen LogP contribution in [0.4, 0.5) is 0 Å². The van der Waals surface area contributed by atoms with Gasteiger partial charge >= 0.3 is 0 Å². The summed E-state index contributed by atoms with van der Waals surface area (Å²) in [6, 6.07) is 11.6. The van der Waals surface area contributed by atoms with Crippen molar-refractivity contribution >= 4 is 17.2 Å². The minimum atomic E-state index is -0.234. The minimum absolute atomic E-state index is 0.234. The van der Waals surface area contributed by atoms with Crippen molar-refractivity contribution in [3.8, 4) is 10.6 Å². The Labute approximate surface area is 125 Å². The topological polar surface area (TPSA) is 68.0 Å². The molecule has 0 atom stereocenters. The fraction of sp³-hybridized carbons (Fsp3) is 0.133. The Balaban J connectivity index is 1.55. The van der Waals surface area contributed by atoms with Gasteiger partial charge in [0.2, 0.25) is 0 Å². The van der Waals surface area contributed by atoms with Gasteiger partial charge in [0.05, 0.1) is 5.69 Å². The van der Waals surface area contributed by atoms with E-state index in [0.717, 1.165) is 16.3 Å². The molecule has 5 nitrogen and oxygen atoms in total. The van der Waals surface area contributed by atoms with E-state index in [2.05, 4.69) is 20.0 Å². The molecule has 0 spiro atoms. The van der Waals surface area contributed by atoms with E-state index < -0.39 is 0 Å². The van der Waals surface area contributed by atoms with E-state index in [1.807, 2.05) is 35.7 Å². The Morgan fingerprint density at radius 2 is 2.10 bits per heavy atom. The van der Waals surface area contributed by atoms with E-state index in [4.69, 9.17) is 0 Å². The average Bonchev–Trinajstić information content (AvgIpc) is 3.20. The summed E-state index contributed by atoms with van der Waals surface area (Å²) in [6.45, 7) is 0.518. The van der Waals surface area contributed by atoms with Crippen LogP contribution in [0.25, 0.3) is 10.6 Å². The normalized spacial score (nSPS) is 10.5. The molecule has 0 aliphatic rings. The van der Waals surface area contributed by atoms with Crippen molar-refractivity contribution in [3.63, 3.8) is 0 Å². The van der Waals surface area contributed by atoms with Gasteiger partial charge in [-0.1, -0.05) is 35.5 Å². The van der Waals surface area contributed by atoms with Gasteiger partial charge in [0, 0.05) is 30.0 Å². The van der Waals surface area contributed by atoms with E-state index in [1.54, 1.807) is 11.3 Å². The number of nitrogens with zero attached hydrogens (tertiary/aromatic N) is 2. The van der Waals surface area contributed by atoms with Crippen molar-refractivity contribution in [1.29, 1.82) is 0 Å². The molecule has 0 aliphatic heterocycles. The minimum Gasteiger partial charge on any atom is -0.364 e. The molecule has 0 saturated heterocycles. The van der Waals surface area contributed by atoms with Crippen LogP contribution in [-0.2, 0) is 6.42 Å². The molecule has 1 N–H and O–H groups in total. The third kappa shape index (κ3) is 3.35. The maximum absolute atomic E-state index is 11.7. The largest absolute Gasteiger partial charge is 0.364 e. The van der Waals surface area contributed by atoms with E-state index in [1.165, 1.54) is 12.3 Å². The van der Waals surface area contributed by atoms with Crippen LogP contribution in [0.5, 0.6) is 0 Å². The van der Waals surface area contributed by atoms with Crippen molar-refractivity contribution in [2.24, 2.45) is 0 Å². The highest BCUT2D eigenvalue weighted by Gasteiger charge is 2.09. The zero-order valence-electron chi connectivity index (χ0n) is 11.2. The number of carbonyl (C=O) groups excluding carboxylic acids is 1. The van der Waals surface area contributed by atoms with Crippen LogP contribution < -0.4 is 5.32 Å². The standard InChI is InChI=1S/C15H13N3O2S/c19-14(13-7-9-20-18-13)16-8-6-12-10-21-15(17-12)11-4-2-1-3-5-11/h1-5,7,9-10H,6,8H2,(H,16,19). The number of hydrogen-bond donors (Lipinski definition) is 1. The number of benzene rings is 1. The average molecular weight is 299 g/mol. The molecule has 3 aromatic rings. The molecule has 0 aliphatic carbocycles. The predicted molar refractivity (Wildman–Crippen MR) is 80.1 cm³/mol. The van der Waals surface area contributed by atoms with Crippen molar-refractivity contribution < 1.29 is 9.32 Å². The molecule has 0 radical (unpaired) electrons. The lowest BCUT2D eigenvalue weighted by molar-refractivity contribution is 0.0945. The molecule has 0 bridgehead atoms. The molecule has 21 heavy (non-hydrogen) atoms. The highest BCUT2D eigenvalue weighted by Crippen LogP contribution is 2.23. The molecular formula is C15H13N3O2S. The molecular weight excluding hydrogens is 286 g/mol. The van der Waals surface area contributed by atoms with Gasteiger partial charge in [-0.15, -0.1) is 11.3 Å². The van der Waals surface area contributed by atoms with E-state index in [0.29, 0.717) is 18.7 Å². The number of amides is 1. The summed E-state index contributed by atoms with van der Waals surface area (Å²) in [5.41, 5.74) is 2.37. The molecule has 0 saturated carbocycles. The molecule has 0 unspecified atom stereocenters. The van der Waals surface area contributed by atoms with Gasteiger partial charge in [0.25, 0.3) is 5.91 Å². The third-order valence-corrected chi connectivity index (χ3v) is 3.85. The first-order valence-electron chi connectivity index (χ1n) is 6.51. The maximum Gasteiger partial charge on any atom is 0.273 e. The van der Waals surface area contributed by atoms with Gasteiger partial charge in [-0.25, -0.2) is 4.98 Å². The van der Waals surface area contributed by atoms with Gasteiger partial charge in [-0.3, -0.25) is 4.79 Å². The second-order valence-corrected chi connectivity index (χ2v) is 5.26. The Hall–Kier alpha value is -2.47. The first kappa shape index (κ1) is 13.5. The van der Waals surface area contributed by atoms with Gasteiger partial charge in [0.1, 0.15) is 11.3 Å². The van der Waals surface area contributed by atoms with Crippen LogP contribution >= 0.6 is 11.3 Å². The number of nitrogens with one attached hydrogen (secondary N) is 1. The van der Waals surface area contributed by atoms with Crippen molar-refractivity contribution in [3.05, 3.63) is 59.4 Å². The molecule has 3 rings (SSSR count). The smallest absolute Gasteiger partial charge is 0.273 e. The Kier molecular flexibility index (Phi) is 4.07. The van der Waals surface area contributed by atoms with Crippen molar-refractivity contribution in [2.75, 3.05) is 6.54 Å². The number of aromatic nitrogens is 2. The van der Waals surface area contributed by atoms with E-state index in [9.17, 15) is 4.79 Å². The van der Waals surface area contributed by atoms with Crippen LogP contribution in [0.15, 0.2) is 52.6 Å². The van der Waals surface area contributed by atoms with Crippen LogP contribution in [0, 0.1) is 0 Å². The summed E-state index contributed by atoms with van der Waals surface area (Å²) in [7, 11) is 0. The fourth-order valence-corrected chi connectivity index (χ4v) is 2.72. The van der Waals surface area contributed by atoms with Gasteiger partial charge in [-0.2, -0.15) is 0 Å². The number of rotatable bonds is 5. The Bertz CT molecular complexity index is 708. The maximum atomic E-state index is 11.7. The summed E-state index contributed by atoms with van der Waals surface area (Å²) in [6.07, 6.45) is 2.06. The van der Waals surface area contributed by atoms with E-state index in [-0.39, 0.29) is 5.91 Å². The van der Waals surface area contributed by atoms with Crippen molar-refractivity contribution in [1.82, 2.24) is 15.5 Å². The number of thiazole rings is 1. The van der Waals surface area contributed by atoms with Crippen LogP contribution in [0.1, 0.15) is 16.2 Å². The molecule has 1 aromatic carbocycles. The predicted octanol–water partition coefficient (Wildman–Crippen LogP) is 2.77. The fourth-order valence-electron chi connectivity index (χ4n) is 1.86. The molecule has 2 heterocycles. The van der Waals surface area contributed by atoms with Gasteiger partial charge < -0.3 is 9.84 Å². The van der Waals surface area contributed by atoms with Gasteiger partial charge in [0.15, 0.2) is 5.69 Å². The summed E-state index contributed by atoms with van der Waals surface area (Å²) < 4.78 is 4.63. The molecule has 106 valence electrons. The monoisotopic (exact) mass is 299 g/mol. The highest BCUT2D eigenvalue weighted by atomic mass is 32.1. The lowest BCUT2D eigenvalue weighted by atomic mass is 10.2. The lowest BCUT2D eigenvalue weighted by Crippen LogP contribution is -2.25. The Morgan fingerprint density at radius 1 is 1.24 bits per heavy atom. The SMILES string of the molecule is O=C(NCCc1csc(-c2ccccc2)n1)c1ccon1. The number of carbonyl (C=O) groups is 1. The third-order valence-electron chi connectivity index (χ3n) is 2.91. The summed E-state index contributed by atoms with van der Waals surface area (Å²) in [5.74, 6) is -0.234. The summed E-state index contributed by atoms with van der Waals surface area (Å²) in [5, 5.41) is 9.38. The first-order valence-corrected chi connectivity index (χ1v) is 7.39. The molecule has 2 aromatic heterocycles. The molecule has 0 fully saturated rings. The lowest BCUT2D eigenvalue weighted by Gasteiger charge is -2.00. The summed E-state index contributed by atoms with van der Waals surface area (Å²) >= 11 is 1.61. The van der Waals surface area contributed by atoms with Gasteiger partial charge in [-0.05, 0) is 0 Å².